The molecule has 0 aliphatic rings. The molecule has 9 heteroatoms. The van der Waals surface area contributed by atoms with Crippen LogP contribution in [-0.2, 0) is 0 Å². The Balaban J connectivity index is 1.66. The topological polar surface area (TPSA) is 97.7 Å². The van der Waals surface area contributed by atoms with Crippen LogP contribution in [0.25, 0.3) is 16.2 Å². The number of hydrogen-bond donors (Lipinski definition) is 1. The van der Waals surface area contributed by atoms with Crippen LogP contribution in [0.1, 0.15) is 5.69 Å². The lowest BCUT2D eigenvalue weighted by molar-refractivity contribution is -0.384. The molecule has 0 atom stereocenters. The van der Waals surface area contributed by atoms with Crippen LogP contribution in [0.2, 0.25) is 0 Å². The average molecular weight is 378 g/mol. The Kier molecular flexibility index (Phi) is 4.35. The average Bonchev–Trinajstić information content (AvgIpc) is 3.10. The number of aromatic nitrogens is 3. The highest BCUT2D eigenvalue weighted by Crippen LogP contribution is 2.19. The monoisotopic (exact) mass is 378 g/mol. The number of hydrogen-bond acceptors (Lipinski definition) is 7. The first-order valence-corrected chi connectivity index (χ1v) is 8.88. The Hall–Kier alpha value is -3.59. The molecule has 0 aliphatic carbocycles. The van der Waals surface area contributed by atoms with Crippen molar-refractivity contribution < 1.29 is 4.92 Å². The molecule has 0 unspecified atom stereocenters. The Morgan fingerprint density at radius 1 is 1.15 bits per heavy atom. The van der Waals surface area contributed by atoms with Gasteiger partial charge in [0.25, 0.3) is 5.69 Å². The zero-order valence-corrected chi connectivity index (χ0v) is 15.1. The summed E-state index contributed by atoms with van der Waals surface area (Å²) in [5.41, 5.74) is 6.21. The van der Waals surface area contributed by atoms with Gasteiger partial charge in [0.1, 0.15) is 0 Å². The third-order valence-electron chi connectivity index (χ3n) is 3.85. The molecule has 0 fully saturated rings. The molecule has 0 saturated heterocycles. The summed E-state index contributed by atoms with van der Waals surface area (Å²) >= 11 is 1.41. The molecule has 1 N–H and O–H groups in total. The van der Waals surface area contributed by atoms with Crippen molar-refractivity contribution in [1.82, 2.24) is 14.6 Å². The minimum atomic E-state index is -0.437. The van der Waals surface area contributed by atoms with Gasteiger partial charge in [-0.15, -0.1) is 0 Å². The number of fused-ring (bicyclic) bond motifs is 1. The lowest BCUT2D eigenvalue weighted by atomic mass is 10.2. The van der Waals surface area contributed by atoms with Crippen LogP contribution in [0, 0.1) is 17.0 Å². The number of anilines is 1. The molecule has 134 valence electrons. The number of non-ortho nitro benzene ring substituents is 1. The third-order valence-corrected chi connectivity index (χ3v) is 4.89. The number of imidazole rings is 1. The third kappa shape index (κ3) is 3.53. The van der Waals surface area contributed by atoms with Gasteiger partial charge < -0.3 is 0 Å². The number of rotatable bonds is 4. The highest BCUT2D eigenvalue weighted by atomic mass is 32.1. The fourth-order valence-corrected chi connectivity index (χ4v) is 3.27. The lowest BCUT2D eigenvalue weighted by Gasteiger charge is -2.00. The van der Waals surface area contributed by atoms with Crippen LogP contribution in [0.3, 0.4) is 0 Å². The van der Waals surface area contributed by atoms with E-state index in [-0.39, 0.29) is 5.69 Å². The molecule has 8 nitrogen and oxygen atoms in total. The van der Waals surface area contributed by atoms with E-state index < -0.39 is 4.92 Å². The van der Waals surface area contributed by atoms with Gasteiger partial charge in [-0.05, 0) is 19.1 Å². The van der Waals surface area contributed by atoms with Crippen molar-refractivity contribution in [3.8, 4) is 11.3 Å². The van der Waals surface area contributed by atoms with Gasteiger partial charge in [0.05, 0.1) is 28.2 Å². The Labute approximate surface area is 157 Å². The van der Waals surface area contributed by atoms with Crippen LogP contribution in [0.15, 0.2) is 65.9 Å². The van der Waals surface area contributed by atoms with Gasteiger partial charge in [-0.25, -0.2) is 9.50 Å². The molecule has 4 rings (SSSR count). The number of nitro benzene ring substituents is 1. The smallest absolute Gasteiger partial charge is 0.269 e. The van der Waals surface area contributed by atoms with Crippen molar-refractivity contribution in [2.45, 2.75) is 6.92 Å². The Bertz CT molecular complexity index is 1180. The number of aryl methyl sites for hydroxylation is 1. The molecule has 0 bridgehead atoms. The summed E-state index contributed by atoms with van der Waals surface area (Å²) in [6, 6.07) is 16.0. The molecule has 2 aromatic heterocycles. The highest BCUT2D eigenvalue weighted by Gasteiger charge is 2.07. The van der Waals surface area contributed by atoms with Crippen molar-refractivity contribution in [3.05, 3.63) is 81.3 Å². The minimum absolute atomic E-state index is 0.0356. The highest BCUT2D eigenvalue weighted by molar-refractivity contribution is 7.14. The molecule has 0 amide bonds. The van der Waals surface area contributed by atoms with E-state index >= 15 is 0 Å². The molecule has 0 spiro atoms. The Morgan fingerprint density at radius 3 is 2.59 bits per heavy atom. The summed E-state index contributed by atoms with van der Waals surface area (Å²) in [5.74, 6) is 0. The summed E-state index contributed by atoms with van der Waals surface area (Å²) in [7, 11) is 0. The maximum absolute atomic E-state index is 10.7. The molecule has 0 saturated carbocycles. The zero-order chi connectivity index (χ0) is 18.8. The molecular weight excluding hydrogens is 364 g/mol. The predicted molar refractivity (Wildman–Crippen MR) is 103 cm³/mol. The summed E-state index contributed by atoms with van der Waals surface area (Å²) in [4.78, 5) is 15.6. The quantitative estimate of drug-likeness (QED) is 0.432. The molecule has 4 aromatic rings. The number of nitrogens with one attached hydrogen (secondary N) is 1. The first-order chi connectivity index (χ1) is 13.1. The van der Waals surface area contributed by atoms with Crippen molar-refractivity contribution >= 4 is 27.7 Å². The predicted octanol–water partition coefficient (Wildman–Crippen LogP) is 3.60. The van der Waals surface area contributed by atoms with Crippen molar-refractivity contribution in [1.29, 1.82) is 0 Å². The van der Waals surface area contributed by atoms with Crippen molar-refractivity contribution in [2.24, 2.45) is 5.10 Å². The van der Waals surface area contributed by atoms with E-state index in [1.54, 1.807) is 16.6 Å². The van der Waals surface area contributed by atoms with Crippen LogP contribution < -0.4 is 10.1 Å². The van der Waals surface area contributed by atoms with Crippen LogP contribution in [-0.4, -0.2) is 19.5 Å². The molecule has 0 radical (unpaired) electrons. The summed E-state index contributed by atoms with van der Waals surface area (Å²) in [6.45, 7) is 1.87. The van der Waals surface area contributed by atoms with E-state index in [1.165, 1.54) is 23.5 Å². The summed E-state index contributed by atoms with van der Waals surface area (Å²) in [5, 5.41) is 19.6. The largest absolute Gasteiger partial charge is 0.277 e. The van der Waals surface area contributed by atoms with Gasteiger partial charge in [0.2, 0.25) is 4.96 Å². The van der Waals surface area contributed by atoms with E-state index in [2.05, 4.69) is 20.6 Å². The number of nitro groups is 1. The van der Waals surface area contributed by atoms with Crippen LogP contribution >= 0.6 is 11.3 Å². The molecule has 2 heterocycles. The molecule has 0 aliphatic heterocycles. The minimum Gasteiger partial charge on any atom is -0.277 e. The van der Waals surface area contributed by atoms with Gasteiger partial charge in [-0.3, -0.25) is 15.5 Å². The van der Waals surface area contributed by atoms with Crippen molar-refractivity contribution in [2.75, 3.05) is 5.43 Å². The summed E-state index contributed by atoms with van der Waals surface area (Å²) < 4.78 is 2.43. The Morgan fingerprint density at radius 2 is 1.89 bits per heavy atom. The van der Waals surface area contributed by atoms with Gasteiger partial charge in [-0.1, -0.05) is 41.7 Å². The summed E-state index contributed by atoms with van der Waals surface area (Å²) in [6.07, 6.45) is 1.89. The second-order valence-electron chi connectivity index (χ2n) is 5.74. The SMILES string of the molecule is Cc1nn2cc(-c3ccccc3)nc2s/c1=N/Nc1ccc([N+](=O)[O-])cc1. The molecular formula is C18H14N6O2S. The number of benzene rings is 2. The van der Waals surface area contributed by atoms with Gasteiger partial charge in [0.15, 0.2) is 4.67 Å². The normalized spacial score (nSPS) is 11.7. The molecule has 27 heavy (non-hydrogen) atoms. The second kappa shape index (κ2) is 6.96. The van der Waals surface area contributed by atoms with E-state index in [9.17, 15) is 10.1 Å². The number of nitrogens with zero attached hydrogens (tertiary/aromatic N) is 5. The lowest BCUT2D eigenvalue weighted by Crippen LogP contribution is -2.11. The maximum Gasteiger partial charge on any atom is 0.269 e. The maximum atomic E-state index is 10.7. The van der Waals surface area contributed by atoms with Crippen LogP contribution in [0.4, 0.5) is 11.4 Å². The van der Waals surface area contributed by atoms with E-state index in [4.69, 9.17) is 0 Å². The van der Waals surface area contributed by atoms with Gasteiger partial charge >= 0.3 is 0 Å². The van der Waals surface area contributed by atoms with E-state index in [0.29, 0.717) is 10.4 Å². The first-order valence-electron chi connectivity index (χ1n) is 8.07. The molecule has 2 aromatic carbocycles. The van der Waals surface area contributed by atoms with Gasteiger partial charge in [-0.2, -0.15) is 10.2 Å². The fraction of sp³-hybridized carbons (Fsp3) is 0.0556. The van der Waals surface area contributed by atoms with Crippen molar-refractivity contribution in [3.63, 3.8) is 0 Å². The van der Waals surface area contributed by atoms with Crippen LogP contribution in [0.5, 0.6) is 0 Å². The zero-order valence-electron chi connectivity index (χ0n) is 14.2. The first kappa shape index (κ1) is 16.9. The van der Waals surface area contributed by atoms with E-state index in [0.717, 1.165) is 21.9 Å². The van der Waals surface area contributed by atoms with Gasteiger partial charge in [0, 0.05) is 17.7 Å². The second-order valence-corrected chi connectivity index (χ2v) is 6.70. The standard InChI is InChI=1S/C18H14N6O2S/c1-12-17(21-20-14-7-9-15(10-8-14)24(25)26)27-18-19-16(11-23(18)22-12)13-5-3-2-4-6-13/h2-11,20H,1H3/b21-17+. The fourth-order valence-electron chi connectivity index (χ4n) is 2.48. The van der Waals surface area contributed by atoms with E-state index in [1.807, 2.05) is 43.5 Å².